The maximum atomic E-state index is 12.6. The Morgan fingerprint density at radius 3 is 2.56 bits per heavy atom. The van der Waals surface area contributed by atoms with Crippen molar-refractivity contribution in [3.8, 4) is 0 Å². The van der Waals surface area contributed by atoms with Crippen molar-refractivity contribution < 1.29 is 8.42 Å². The minimum absolute atomic E-state index is 0.0289. The molecule has 7 nitrogen and oxygen atoms in total. The van der Waals surface area contributed by atoms with Crippen LogP contribution in [-0.4, -0.2) is 22.6 Å². The molecule has 0 aliphatic rings. The van der Waals surface area contributed by atoms with E-state index >= 15 is 0 Å². The standard InChI is InChI=1S/C16H17ClN4O3S/c1-3-15-19-20(2)16(22)14-8-13(10-21(14)15)25(23,24)18-9-11-4-6-12(17)7-5-11/h4-8,10,18H,3,9H2,1-2H3. The van der Waals surface area contributed by atoms with Gasteiger partial charge in [-0.05, 0) is 23.8 Å². The molecular weight excluding hydrogens is 364 g/mol. The van der Waals surface area contributed by atoms with Gasteiger partial charge in [-0.25, -0.2) is 17.8 Å². The third-order valence-electron chi connectivity index (χ3n) is 3.86. The fourth-order valence-electron chi connectivity index (χ4n) is 2.50. The molecule has 1 aromatic carbocycles. The first-order chi connectivity index (χ1) is 11.8. The number of aromatic nitrogens is 3. The predicted octanol–water partition coefficient (Wildman–Crippen LogP) is 1.73. The van der Waals surface area contributed by atoms with Crippen molar-refractivity contribution in [1.82, 2.24) is 18.9 Å². The lowest BCUT2D eigenvalue weighted by Gasteiger charge is -2.05. The van der Waals surface area contributed by atoms with Crippen molar-refractivity contribution >= 4 is 27.1 Å². The molecule has 25 heavy (non-hydrogen) atoms. The molecule has 1 N–H and O–H groups in total. The molecule has 0 aliphatic carbocycles. The molecule has 0 saturated carbocycles. The summed E-state index contributed by atoms with van der Waals surface area (Å²) in [5, 5.41) is 4.74. The van der Waals surface area contributed by atoms with Gasteiger partial charge in [0.2, 0.25) is 10.0 Å². The minimum Gasteiger partial charge on any atom is -0.297 e. The quantitative estimate of drug-likeness (QED) is 0.730. The Bertz CT molecular complexity index is 1090. The van der Waals surface area contributed by atoms with Gasteiger partial charge in [0, 0.05) is 31.2 Å². The number of fused-ring (bicyclic) bond motifs is 1. The highest BCUT2D eigenvalue weighted by molar-refractivity contribution is 7.89. The monoisotopic (exact) mass is 380 g/mol. The van der Waals surface area contributed by atoms with Crippen LogP contribution in [0.2, 0.25) is 5.02 Å². The molecule has 0 fully saturated rings. The molecular formula is C16H17ClN4O3S. The van der Waals surface area contributed by atoms with Crippen LogP contribution in [-0.2, 0) is 30.0 Å². The molecule has 0 radical (unpaired) electrons. The van der Waals surface area contributed by atoms with Crippen LogP contribution in [0.1, 0.15) is 18.3 Å². The van der Waals surface area contributed by atoms with E-state index in [0.29, 0.717) is 17.3 Å². The second-order valence-corrected chi connectivity index (χ2v) is 7.78. The molecule has 0 saturated heterocycles. The van der Waals surface area contributed by atoms with Gasteiger partial charge in [0.25, 0.3) is 5.56 Å². The Hall–Kier alpha value is -2.16. The molecule has 132 valence electrons. The zero-order chi connectivity index (χ0) is 18.2. The van der Waals surface area contributed by atoms with Crippen LogP contribution in [0.3, 0.4) is 0 Å². The van der Waals surface area contributed by atoms with Crippen LogP contribution in [0.15, 0.2) is 46.2 Å². The summed E-state index contributed by atoms with van der Waals surface area (Å²) in [5.74, 6) is 0.608. The van der Waals surface area contributed by atoms with Crippen LogP contribution in [0.5, 0.6) is 0 Å². The average molecular weight is 381 g/mol. The van der Waals surface area contributed by atoms with Crippen LogP contribution in [0.4, 0.5) is 0 Å². The lowest BCUT2D eigenvalue weighted by molar-refractivity contribution is 0.581. The highest BCUT2D eigenvalue weighted by Crippen LogP contribution is 2.15. The summed E-state index contributed by atoms with van der Waals surface area (Å²) in [6.45, 7) is 2.02. The number of aryl methyl sites for hydroxylation is 2. The van der Waals surface area contributed by atoms with E-state index in [1.54, 1.807) is 31.3 Å². The van der Waals surface area contributed by atoms with Gasteiger partial charge in [-0.1, -0.05) is 30.7 Å². The predicted molar refractivity (Wildman–Crippen MR) is 95.3 cm³/mol. The fourth-order valence-corrected chi connectivity index (χ4v) is 3.66. The molecule has 0 aliphatic heterocycles. The first-order valence-corrected chi connectivity index (χ1v) is 9.50. The molecule has 0 amide bonds. The number of hydrogen-bond acceptors (Lipinski definition) is 4. The summed E-state index contributed by atoms with van der Waals surface area (Å²) in [6, 6.07) is 8.25. The summed E-state index contributed by atoms with van der Waals surface area (Å²) < 4.78 is 30.4. The Balaban J connectivity index is 1.95. The number of halogens is 1. The van der Waals surface area contributed by atoms with Gasteiger partial charge < -0.3 is 0 Å². The number of rotatable bonds is 5. The number of hydrogen-bond donors (Lipinski definition) is 1. The highest BCUT2D eigenvalue weighted by Gasteiger charge is 2.19. The summed E-state index contributed by atoms with van der Waals surface area (Å²) in [6.07, 6.45) is 1.99. The molecule has 0 unspecified atom stereocenters. The van der Waals surface area contributed by atoms with Crippen molar-refractivity contribution in [3.63, 3.8) is 0 Å². The molecule has 9 heteroatoms. The largest absolute Gasteiger partial charge is 0.297 e. The first kappa shape index (κ1) is 17.7. The smallest absolute Gasteiger partial charge is 0.290 e. The van der Waals surface area contributed by atoms with Gasteiger partial charge >= 0.3 is 0 Å². The summed E-state index contributed by atoms with van der Waals surface area (Å²) in [4.78, 5) is 12.2. The zero-order valence-corrected chi connectivity index (χ0v) is 15.3. The lowest BCUT2D eigenvalue weighted by atomic mass is 10.2. The molecule has 0 bridgehead atoms. The van der Waals surface area contributed by atoms with Crippen molar-refractivity contribution in [2.75, 3.05) is 0 Å². The zero-order valence-electron chi connectivity index (χ0n) is 13.7. The van der Waals surface area contributed by atoms with Gasteiger partial charge in [0.05, 0.1) is 0 Å². The fraction of sp³-hybridized carbons (Fsp3) is 0.250. The SMILES string of the molecule is CCc1nn(C)c(=O)c2cc(S(=O)(=O)NCc3ccc(Cl)cc3)cn12. The second-order valence-electron chi connectivity index (χ2n) is 5.58. The Kier molecular flexibility index (Phi) is 4.68. The first-order valence-electron chi connectivity index (χ1n) is 7.64. The van der Waals surface area contributed by atoms with Gasteiger partial charge in [0.15, 0.2) is 0 Å². The number of nitrogens with zero attached hydrogens (tertiary/aromatic N) is 3. The Labute approximate surface area is 149 Å². The molecule has 0 atom stereocenters. The van der Waals surface area contributed by atoms with E-state index in [0.717, 1.165) is 5.56 Å². The van der Waals surface area contributed by atoms with Gasteiger partial charge in [0.1, 0.15) is 16.2 Å². The van der Waals surface area contributed by atoms with E-state index in [9.17, 15) is 13.2 Å². The minimum atomic E-state index is -3.76. The average Bonchev–Trinajstić information content (AvgIpc) is 3.04. The molecule has 0 spiro atoms. The van der Waals surface area contributed by atoms with Crippen molar-refractivity contribution in [2.45, 2.75) is 24.8 Å². The van der Waals surface area contributed by atoms with Crippen molar-refractivity contribution in [3.05, 3.63) is 63.3 Å². The van der Waals surface area contributed by atoms with Crippen molar-refractivity contribution in [2.24, 2.45) is 7.05 Å². The Morgan fingerprint density at radius 2 is 1.92 bits per heavy atom. The number of sulfonamides is 1. The molecule has 3 rings (SSSR count). The van der Waals surface area contributed by atoms with E-state index < -0.39 is 10.0 Å². The summed E-state index contributed by atoms with van der Waals surface area (Å²) >= 11 is 5.82. The van der Waals surface area contributed by atoms with E-state index in [2.05, 4.69) is 9.82 Å². The molecule has 2 heterocycles. The summed E-state index contributed by atoms with van der Waals surface area (Å²) in [5.41, 5.74) is 0.709. The van der Waals surface area contributed by atoms with E-state index in [4.69, 9.17) is 11.6 Å². The van der Waals surface area contributed by atoms with Gasteiger partial charge in [-0.15, -0.1) is 0 Å². The second kappa shape index (κ2) is 6.62. The summed E-state index contributed by atoms with van der Waals surface area (Å²) in [7, 11) is -2.22. The number of nitrogens with one attached hydrogen (secondary N) is 1. The van der Waals surface area contributed by atoms with Crippen LogP contribution in [0.25, 0.3) is 5.52 Å². The van der Waals surface area contributed by atoms with Crippen molar-refractivity contribution in [1.29, 1.82) is 0 Å². The van der Waals surface area contributed by atoms with E-state index in [1.807, 2.05) is 6.92 Å². The molecule has 3 aromatic rings. The number of benzene rings is 1. The topological polar surface area (TPSA) is 85.5 Å². The van der Waals surface area contributed by atoms with Gasteiger partial charge in [-0.3, -0.25) is 9.20 Å². The normalized spacial score (nSPS) is 12.0. The van der Waals surface area contributed by atoms with E-state index in [1.165, 1.54) is 21.3 Å². The highest BCUT2D eigenvalue weighted by atomic mass is 35.5. The van der Waals surface area contributed by atoms with E-state index in [-0.39, 0.29) is 22.5 Å². The van der Waals surface area contributed by atoms with Crippen LogP contribution < -0.4 is 10.3 Å². The van der Waals surface area contributed by atoms with Crippen LogP contribution >= 0.6 is 11.6 Å². The maximum Gasteiger partial charge on any atom is 0.290 e. The van der Waals surface area contributed by atoms with Gasteiger partial charge in [-0.2, -0.15) is 5.10 Å². The molecule has 2 aromatic heterocycles. The lowest BCUT2D eigenvalue weighted by Crippen LogP contribution is -2.23. The maximum absolute atomic E-state index is 12.6. The third kappa shape index (κ3) is 3.46. The van der Waals surface area contributed by atoms with Crippen LogP contribution in [0, 0.1) is 0 Å². The third-order valence-corrected chi connectivity index (χ3v) is 5.48. The Morgan fingerprint density at radius 1 is 1.24 bits per heavy atom.